The first-order valence-electron chi connectivity index (χ1n) is 11.3. The van der Waals surface area contributed by atoms with Crippen molar-refractivity contribution in [2.24, 2.45) is 17.8 Å². The van der Waals surface area contributed by atoms with Gasteiger partial charge in [-0.1, -0.05) is 44.6 Å². The normalized spacial score (nSPS) is 27.9. The summed E-state index contributed by atoms with van der Waals surface area (Å²) in [5.74, 6) is 1.65. The fourth-order valence-electron chi connectivity index (χ4n) is 5.40. The Morgan fingerprint density at radius 1 is 1.00 bits per heavy atom. The number of aryl methyl sites for hydroxylation is 1. The van der Waals surface area contributed by atoms with E-state index in [9.17, 15) is 13.2 Å². The lowest BCUT2D eigenvalue weighted by molar-refractivity contribution is -0.0522. The van der Waals surface area contributed by atoms with E-state index in [1.807, 2.05) is 7.11 Å². The monoisotopic (exact) mass is 428 g/mol. The van der Waals surface area contributed by atoms with Gasteiger partial charge in [-0.25, -0.2) is 4.39 Å². The van der Waals surface area contributed by atoms with Gasteiger partial charge in [0.25, 0.3) is 0 Å². The maximum absolute atomic E-state index is 13.8. The summed E-state index contributed by atoms with van der Waals surface area (Å²) in [5, 5.41) is 0. The Kier molecular flexibility index (Phi) is 8.91. The van der Waals surface area contributed by atoms with Crippen molar-refractivity contribution in [2.75, 3.05) is 7.11 Å². The summed E-state index contributed by atoms with van der Waals surface area (Å²) in [4.78, 5) is 0. The minimum Gasteiger partial charge on any atom is -0.432 e. The summed E-state index contributed by atoms with van der Waals surface area (Å²) in [6, 6.07) is 7.06. The maximum atomic E-state index is 13.8. The number of unbranched alkanes of at least 4 members (excludes halogenated alkanes) is 1. The second kappa shape index (κ2) is 11.4. The molecule has 29 heavy (non-hydrogen) atoms. The largest absolute Gasteiger partial charge is 0.432 e. The van der Waals surface area contributed by atoms with Gasteiger partial charge < -0.3 is 9.16 Å². The zero-order valence-corrected chi connectivity index (χ0v) is 18.7. The third kappa shape index (κ3) is 7.02. The lowest BCUT2D eigenvalue weighted by atomic mass is 9.73. The molecule has 1 aromatic rings. The van der Waals surface area contributed by atoms with Crippen LogP contribution in [0.5, 0.6) is 5.75 Å². The Hall–Kier alpha value is -1.01. The minimum atomic E-state index is -2.99. The molecular formula is C23H35F3O2Si. The Morgan fingerprint density at radius 3 is 2.31 bits per heavy atom. The first kappa shape index (κ1) is 22.7. The first-order valence-corrected chi connectivity index (χ1v) is 13.4. The Morgan fingerprint density at radius 2 is 1.69 bits per heavy atom. The van der Waals surface area contributed by atoms with Crippen LogP contribution in [0.25, 0.3) is 0 Å². The molecule has 1 aromatic carbocycles. The number of hydrogen-bond acceptors (Lipinski definition) is 2. The molecule has 2 nitrogen and oxygen atoms in total. The molecular weight excluding hydrogens is 393 g/mol. The van der Waals surface area contributed by atoms with Crippen molar-refractivity contribution in [3.8, 4) is 5.75 Å². The number of rotatable bonds is 9. The van der Waals surface area contributed by atoms with Crippen LogP contribution in [0.4, 0.5) is 13.2 Å². The van der Waals surface area contributed by atoms with Crippen molar-refractivity contribution in [3.63, 3.8) is 0 Å². The Balaban J connectivity index is 1.31. The molecule has 0 unspecified atom stereocenters. The van der Waals surface area contributed by atoms with Crippen LogP contribution in [-0.2, 0) is 10.8 Å². The summed E-state index contributed by atoms with van der Waals surface area (Å²) in [6.45, 7) is -2.99. The highest BCUT2D eigenvalue weighted by Gasteiger charge is 2.31. The predicted molar refractivity (Wildman–Crippen MR) is 113 cm³/mol. The maximum Gasteiger partial charge on any atom is 0.387 e. The Labute approximate surface area is 174 Å². The molecule has 0 amide bonds. The SMILES string of the molecule is CO[SiH]1CCC([C@H]2CC[C@H](CCCCc3ccc(OC(F)F)c(F)c3)CC2)CC1. The highest BCUT2D eigenvalue weighted by atomic mass is 28.3. The van der Waals surface area contributed by atoms with Gasteiger partial charge in [-0.3, -0.25) is 0 Å². The summed E-state index contributed by atoms with van der Waals surface area (Å²) in [6.07, 6.45) is 12.5. The van der Waals surface area contributed by atoms with Crippen molar-refractivity contribution in [3.05, 3.63) is 29.6 Å². The quantitative estimate of drug-likeness (QED) is 0.321. The molecule has 0 spiro atoms. The summed E-state index contributed by atoms with van der Waals surface area (Å²) >= 11 is 0. The van der Waals surface area contributed by atoms with Crippen molar-refractivity contribution in [2.45, 2.75) is 82.9 Å². The van der Waals surface area contributed by atoms with E-state index < -0.39 is 21.5 Å². The van der Waals surface area contributed by atoms with E-state index in [0.29, 0.717) is 0 Å². The van der Waals surface area contributed by atoms with Gasteiger partial charge in [0, 0.05) is 7.11 Å². The number of benzene rings is 1. The lowest BCUT2D eigenvalue weighted by Crippen LogP contribution is -2.29. The fourth-order valence-corrected chi connectivity index (χ4v) is 7.76. The summed E-state index contributed by atoms with van der Waals surface area (Å²) in [7, 11) is 1.07. The predicted octanol–water partition coefficient (Wildman–Crippen LogP) is 6.73. The smallest absolute Gasteiger partial charge is 0.387 e. The van der Waals surface area contributed by atoms with Crippen LogP contribution in [0.3, 0.4) is 0 Å². The lowest BCUT2D eigenvalue weighted by Gasteiger charge is -2.37. The molecule has 164 valence electrons. The standard InChI is InChI=1S/C23H35F3O2Si/c1-27-29-14-12-20(13-15-29)19-9-6-17(7-10-19)4-2-3-5-18-8-11-22(21(24)16-18)28-23(25)26/h8,11,16-17,19-20,23,29H,2-7,9-10,12-15H2,1H3/t17-,19-,20?,29?. The van der Waals surface area contributed by atoms with Crippen molar-refractivity contribution < 1.29 is 22.3 Å². The second-order valence-corrected chi connectivity index (χ2v) is 11.8. The van der Waals surface area contributed by atoms with Gasteiger partial charge in [0.1, 0.15) is 0 Å². The van der Waals surface area contributed by atoms with Gasteiger partial charge in [0.15, 0.2) is 20.6 Å². The zero-order valence-electron chi connectivity index (χ0n) is 17.6. The van der Waals surface area contributed by atoms with Gasteiger partial charge in [0.2, 0.25) is 0 Å². The number of halogens is 3. The van der Waals surface area contributed by atoms with Crippen molar-refractivity contribution in [1.82, 2.24) is 0 Å². The van der Waals surface area contributed by atoms with E-state index in [-0.39, 0.29) is 5.75 Å². The van der Waals surface area contributed by atoms with Crippen LogP contribution in [0, 0.1) is 23.6 Å². The van der Waals surface area contributed by atoms with E-state index in [0.717, 1.165) is 42.6 Å². The molecule has 0 radical (unpaired) electrons. The average Bonchev–Trinajstić information content (AvgIpc) is 2.73. The molecule has 0 atom stereocenters. The van der Waals surface area contributed by atoms with Crippen LogP contribution in [-0.4, -0.2) is 22.8 Å². The van der Waals surface area contributed by atoms with E-state index in [2.05, 4.69) is 4.74 Å². The fraction of sp³-hybridized carbons (Fsp3) is 0.739. The molecule has 0 N–H and O–H groups in total. The first-order chi connectivity index (χ1) is 14.0. The average molecular weight is 429 g/mol. The van der Waals surface area contributed by atoms with E-state index in [1.54, 1.807) is 6.07 Å². The summed E-state index contributed by atoms with van der Waals surface area (Å²) in [5.41, 5.74) is 0.850. The molecule has 1 heterocycles. The molecule has 1 saturated carbocycles. The van der Waals surface area contributed by atoms with Gasteiger partial charge in [-0.2, -0.15) is 8.78 Å². The van der Waals surface area contributed by atoms with Gasteiger partial charge in [-0.05, 0) is 73.2 Å². The molecule has 1 aliphatic carbocycles. The Bertz CT molecular complexity index is 612. The van der Waals surface area contributed by atoms with Crippen LogP contribution in [0.15, 0.2) is 18.2 Å². The number of ether oxygens (including phenoxy) is 1. The molecule has 2 fully saturated rings. The zero-order chi connectivity index (χ0) is 20.6. The number of alkyl halides is 2. The van der Waals surface area contributed by atoms with Crippen molar-refractivity contribution in [1.29, 1.82) is 0 Å². The van der Waals surface area contributed by atoms with Crippen LogP contribution < -0.4 is 4.74 Å². The molecule has 0 bridgehead atoms. The van der Waals surface area contributed by atoms with E-state index in [4.69, 9.17) is 4.43 Å². The van der Waals surface area contributed by atoms with Crippen LogP contribution in [0.2, 0.25) is 12.1 Å². The van der Waals surface area contributed by atoms with Crippen molar-refractivity contribution >= 4 is 9.04 Å². The highest BCUT2D eigenvalue weighted by molar-refractivity contribution is 6.51. The van der Waals surface area contributed by atoms with E-state index in [1.165, 1.54) is 69.2 Å². The highest BCUT2D eigenvalue weighted by Crippen LogP contribution is 2.41. The third-order valence-corrected chi connectivity index (χ3v) is 9.77. The van der Waals surface area contributed by atoms with E-state index >= 15 is 0 Å². The van der Waals surface area contributed by atoms with Crippen LogP contribution in [0.1, 0.15) is 63.4 Å². The molecule has 3 rings (SSSR count). The number of hydrogen-bond donors (Lipinski definition) is 0. The minimum absolute atomic E-state index is 0.376. The molecule has 6 heteroatoms. The van der Waals surface area contributed by atoms with Gasteiger partial charge in [0.05, 0.1) is 0 Å². The molecule has 1 aliphatic heterocycles. The summed E-state index contributed by atoms with van der Waals surface area (Å²) < 4.78 is 48.0. The van der Waals surface area contributed by atoms with Crippen LogP contribution >= 0.6 is 0 Å². The van der Waals surface area contributed by atoms with Gasteiger partial charge in [-0.15, -0.1) is 0 Å². The van der Waals surface area contributed by atoms with Gasteiger partial charge >= 0.3 is 6.61 Å². The topological polar surface area (TPSA) is 18.5 Å². The molecule has 0 aromatic heterocycles. The molecule has 2 aliphatic rings. The molecule has 1 saturated heterocycles. The third-order valence-electron chi connectivity index (χ3n) is 7.15. The second-order valence-electron chi connectivity index (χ2n) is 8.94.